The van der Waals surface area contributed by atoms with Crippen molar-refractivity contribution >= 4 is 0 Å². The predicted molar refractivity (Wildman–Crippen MR) is 55.8 cm³/mol. The van der Waals surface area contributed by atoms with Gasteiger partial charge in [0.15, 0.2) is 0 Å². The van der Waals surface area contributed by atoms with Crippen LogP contribution in [0.2, 0.25) is 0 Å². The molecule has 3 heteroatoms. The fraction of sp³-hybridized carbons (Fsp3) is 0.636. The first kappa shape index (κ1) is 11.0. The maximum atomic E-state index is 11.6. The maximum absolute atomic E-state index is 11.6. The van der Waals surface area contributed by atoms with Gasteiger partial charge in [0.1, 0.15) is 5.69 Å². The first-order valence-electron chi connectivity index (χ1n) is 5.08. The van der Waals surface area contributed by atoms with Crippen LogP contribution in [0.5, 0.6) is 0 Å². The summed E-state index contributed by atoms with van der Waals surface area (Å²) >= 11 is 0. The van der Waals surface area contributed by atoms with Crippen LogP contribution in [-0.2, 0) is 6.42 Å². The van der Waals surface area contributed by atoms with Crippen LogP contribution in [-0.4, -0.2) is 4.98 Å². The van der Waals surface area contributed by atoms with E-state index in [9.17, 15) is 5.21 Å². The van der Waals surface area contributed by atoms with Crippen LogP contribution >= 0.6 is 0 Å². The summed E-state index contributed by atoms with van der Waals surface area (Å²) in [5, 5.41) is 11.6. The van der Waals surface area contributed by atoms with Crippen molar-refractivity contribution < 1.29 is 4.73 Å². The van der Waals surface area contributed by atoms with Gasteiger partial charge in [0, 0.05) is 12.3 Å². The lowest BCUT2D eigenvalue weighted by Gasteiger charge is -2.08. The van der Waals surface area contributed by atoms with Crippen molar-refractivity contribution in [1.82, 2.24) is 4.98 Å². The molecular formula is C11H18N2O. The summed E-state index contributed by atoms with van der Waals surface area (Å²) in [4.78, 5) is 4.27. The molecule has 0 bridgehead atoms. The average molecular weight is 194 g/mol. The molecule has 1 rings (SSSR count). The summed E-state index contributed by atoms with van der Waals surface area (Å²) < 4.78 is 0.947. The Morgan fingerprint density at radius 1 is 1.36 bits per heavy atom. The lowest BCUT2D eigenvalue weighted by molar-refractivity contribution is -0.615. The summed E-state index contributed by atoms with van der Waals surface area (Å²) in [6, 6.07) is 0. The van der Waals surface area contributed by atoms with Crippen molar-refractivity contribution in [3.63, 3.8) is 0 Å². The van der Waals surface area contributed by atoms with E-state index in [1.165, 1.54) is 0 Å². The van der Waals surface area contributed by atoms with Crippen LogP contribution in [0.15, 0.2) is 12.4 Å². The minimum atomic E-state index is 0.309. The molecule has 1 heterocycles. The van der Waals surface area contributed by atoms with Gasteiger partial charge in [0.25, 0.3) is 0 Å². The molecule has 0 atom stereocenters. The Bertz CT molecular complexity index is 308. The number of aromatic nitrogens is 2. The molecule has 0 fully saturated rings. The fourth-order valence-electron chi connectivity index (χ4n) is 1.30. The van der Waals surface area contributed by atoms with Crippen molar-refractivity contribution in [3.05, 3.63) is 29.0 Å². The topological polar surface area (TPSA) is 39.8 Å². The standard InChI is InChI=1S/C11H18N2O/c1-8(2)5-10-6-12-11(9(3)4)7-13(10)14/h6-9H,5H2,1-4H3. The van der Waals surface area contributed by atoms with Gasteiger partial charge in [-0.05, 0) is 5.92 Å². The van der Waals surface area contributed by atoms with Crippen molar-refractivity contribution in [3.8, 4) is 0 Å². The third kappa shape index (κ3) is 2.69. The van der Waals surface area contributed by atoms with Crippen molar-refractivity contribution in [2.24, 2.45) is 5.92 Å². The molecule has 1 aromatic heterocycles. The highest BCUT2D eigenvalue weighted by Crippen LogP contribution is 2.09. The highest BCUT2D eigenvalue weighted by molar-refractivity contribution is 5.01. The summed E-state index contributed by atoms with van der Waals surface area (Å²) in [7, 11) is 0. The fourth-order valence-corrected chi connectivity index (χ4v) is 1.30. The Kier molecular flexibility index (Phi) is 3.44. The van der Waals surface area contributed by atoms with Crippen LogP contribution in [0.3, 0.4) is 0 Å². The molecular weight excluding hydrogens is 176 g/mol. The summed E-state index contributed by atoms with van der Waals surface area (Å²) in [5.41, 5.74) is 1.61. The third-order valence-corrected chi connectivity index (χ3v) is 2.10. The van der Waals surface area contributed by atoms with Crippen molar-refractivity contribution in [1.29, 1.82) is 0 Å². The van der Waals surface area contributed by atoms with E-state index >= 15 is 0 Å². The van der Waals surface area contributed by atoms with E-state index < -0.39 is 0 Å². The summed E-state index contributed by atoms with van der Waals surface area (Å²) in [6.45, 7) is 8.25. The molecule has 0 aliphatic carbocycles. The Labute approximate surface area is 85.4 Å². The first-order valence-corrected chi connectivity index (χ1v) is 5.08. The van der Waals surface area contributed by atoms with Crippen molar-refractivity contribution in [2.75, 3.05) is 0 Å². The SMILES string of the molecule is CC(C)Cc1cnc(C(C)C)c[n+]1[O-]. The maximum Gasteiger partial charge on any atom is 0.211 e. The van der Waals surface area contributed by atoms with E-state index in [4.69, 9.17) is 0 Å². The smallest absolute Gasteiger partial charge is 0.211 e. The third-order valence-electron chi connectivity index (χ3n) is 2.10. The number of hydrogen-bond donors (Lipinski definition) is 0. The van der Waals surface area contributed by atoms with Crippen molar-refractivity contribution in [2.45, 2.75) is 40.0 Å². The number of hydrogen-bond acceptors (Lipinski definition) is 2. The molecule has 0 unspecified atom stereocenters. The largest absolute Gasteiger partial charge is 0.618 e. The van der Waals surface area contributed by atoms with Gasteiger partial charge in [0.2, 0.25) is 11.9 Å². The van der Waals surface area contributed by atoms with Crippen LogP contribution in [0, 0.1) is 11.1 Å². The Morgan fingerprint density at radius 2 is 2.00 bits per heavy atom. The van der Waals surface area contributed by atoms with E-state index in [0.717, 1.165) is 22.5 Å². The quantitative estimate of drug-likeness (QED) is 0.545. The summed E-state index contributed by atoms with van der Waals surface area (Å²) in [5.74, 6) is 0.796. The van der Waals surface area contributed by atoms with E-state index in [2.05, 4.69) is 18.8 Å². The Balaban J connectivity index is 2.90. The van der Waals surface area contributed by atoms with E-state index in [-0.39, 0.29) is 0 Å². The molecule has 1 aromatic rings. The highest BCUT2D eigenvalue weighted by atomic mass is 16.5. The second-order valence-electron chi connectivity index (χ2n) is 4.38. The van der Waals surface area contributed by atoms with Crippen LogP contribution in [0.1, 0.15) is 45.0 Å². The predicted octanol–water partition coefficient (Wildman–Crippen LogP) is 2.04. The summed E-state index contributed by atoms with van der Waals surface area (Å²) in [6.07, 6.45) is 4.07. The average Bonchev–Trinajstić information content (AvgIpc) is 2.07. The molecule has 3 nitrogen and oxygen atoms in total. The van der Waals surface area contributed by atoms with Gasteiger partial charge in [0.05, 0.1) is 6.20 Å². The van der Waals surface area contributed by atoms with E-state index in [1.807, 2.05) is 13.8 Å². The molecule has 0 N–H and O–H groups in total. The Hall–Kier alpha value is -1.12. The van der Waals surface area contributed by atoms with Gasteiger partial charge in [-0.3, -0.25) is 0 Å². The zero-order chi connectivity index (χ0) is 10.7. The molecule has 78 valence electrons. The van der Waals surface area contributed by atoms with Crippen LogP contribution < -0.4 is 4.73 Å². The van der Waals surface area contributed by atoms with Gasteiger partial charge in [-0.2, -0.15) is 4.73 Å². The minimum Gasteiger partial charge on any atom is -0.618 e. The highest BCUT2D eigenvalue weighted by Gasteiger charge is 2.11. The van der Waals surface area contributed by atoms with Crippen LogP contribution in [0.4, 0.5) is 0 Å². The number of nitrogens with zero attached hydrogens (tertiary/aromatic N) is 2. The Morgan fingerprint density at radius 3 is 2.43 bits per heavy atom. The molecule has 0 amide bonds. The number of rotatable bonds is 3. The lowest BCUT2D eigenvalue weighted by Crippen LogP contribution is -2.33. The minimum absolute atomic E-state index is 0.309. The zero-order valence-corrected chi connectivity index (χ0v) is 9.32. The van der Waals surface area contributed by atoms with Gasteiger partial charge < -0.3 is 5.21 Å². The normalized spacial score (nSPS) is 11.3. The second kappa shape index (κ2) is 4.40. The molecule has 0 radical (unpaired) electrons. The molecule has 0 aliphatic rings. The molecule has 0 saturated carbocycles. The van der Waals surface area contributed by atoms with Gasteiger partial charge in [-0.15, -0.1) is 0 Å². The molecule has 14 heavy (non-hydrogen) atoms. The van der Waals surface area contributed by atoms with Gasteiger partial charge in [-0.1, -0.05) is 27.7 Å². The molecule has 0 saturated heterocycles. The molecule has 0 aliphatic heterocycles. The van der Waals surface area contributed by atoms with E-state index in [1.54, 1.807) is 12.4 Å². The zero-order valence-electron chi connectivity index (χ0n) is 9.32. The molecule has 0 spiro atoms. The first-order chi connectivity index (χ1) is 6.50. The van der Waals surface area contributed by atoms with Gasteiger partial charge in [-0.25, -0.2) is 4.98 Å². The van der Waals surface area contributed by atoms with E-state index in [0.29, 0.717) is 11.8 Å². The second-order valence-corrected chi connectivity index (χ2v) is 4.38. The monoisotopic (exact) mass is 194 g/mol. The molecule has 0 aromatic carbocycles. The lowest BCUT2D eigenvalue weighted by atomic mass is 10.1. The van der Waals surface area contributed by atoms with Crippen LogP contribution in [0.25, 0.3) is 0 Å². The van der Waals surface area contributed by atoms with Gasteiger partial charge >= 0.3 is 0 Å².